The van der Waals surface area contributed by atoms with Crippen molar-refractivity contribution in [3.05, 3.63) is 65.6 Å². The highest BCUT2D eigenvalue weighted by atomic mass is 16.4. The predicted molar refractivity (Wildman–Crippen MR) is 104 cm³/mol. The Labute approximate surface area is 162 Å². The first-order chi connectivity index (χ1) is 13.1. The fraction of sp³-hybridized carbons (Fsp3) is 0.263. The number of aliphatic hydroxyl groups is 1. The zero-order valence-electron chi connectivity index (χ0n) is 15.8. The molecule has 1 aromatic heterocycles. The summed E-state index contributed by atoms with van der Waals surface area (Å²) in [6, 6.07) is 9.40. The first kappa shape index (κ1) is 20.8. The van der Waals surface area contributed by atoms with Gasteiger partial charge in [0.15, 0.2) is 0 Å². The van der Waals surface area contributed by atoms with Gasteiger partial charge in [0.2, 0.25) is 5.96 Å². The van der Waals surface area contributed by atoms with Crippen molar-refractivity contribution in [2.75, 3.05) is 0 Å². The normalized spacial score (nSPS) is 13.9. The van der Waals surface area contributed by atoms with E-state index < -0.39 is 23.5 Å². The number of carboxylic acids is 1. The number of amides is 1. The molecule has 1 amide bonds. The Bertz CT molecular complexity index is 913. The highest BCUT2D eigenvalue weighted by Crippen LogP contribution is 2.20. The second-order valence-electron chi connectivity index (χ2n) is 6.67. The molecule has 28 heavy (non-hydrogen) atoms. The second kappa shape index (κ2) is 8.49. The molecule has 5 N–H and O–H groups in total. The molecule has 1 atom stereocenters. The van der Waals surface area contributed by atoms with Crippen LogP contribution in [-0.2, 0) is 10.3 Å². The molecule has 0 aliphatic carbocycles. The van der Waals surface area contributed by atoms with Gasteiger partial charge in [-0.2, -0.15) is 5.10 Å². The molecule has 0 saturated carbocycles. The van der Waals surface area contributed by atoms with Gasteiger partial charge in [-0.3, -0.25) is 4.79 Å². The smallest absolute Gasteiger partial charge is 0.338 e. The lowest BCUT2D eigenvalue weighted by atomic mass is 9.93. The molecule has 2 rings (SSSR count). The highest BCUT2D eigenvalue weighted by Gasteiger charge is 2.25. The fourth-order valence-corrected chi connectivity index (χ4v) is 2.39. The van der Waals surface area contributed by atoms with Gasteiger partial charge in [0.05, 0.1) is 29.0 Å². The van der Waals surface area contributed by atoms with Gasteiger partial charge in [-0.1, -0.05) is 30.3 Å². The maximum absolute atomic E-state index is 12.7. The number of aromatic carboxylic acids is 1. The summed E-state index contributed by atoms with van der Waals surface area (Å²) in [6.07, 6.45) is 2.35. The number of rotatable bonds is 6. The van der Waals surface area contributed by atoms with Gasteiger partial charge in [0, 0.05) is 12.4 Å². The third kappa shape index (κ3) is 5.04. The van der Waals surface area contributed by atoms with Crippen LogP contribution < -0.4 is 11.1 Å². The van der Waals surface area contributed by atoms with Crippen LogP contribution in [-0.4, -0.2) is 43.9 Å². The average Bonchev–Trinajstić information content (AvgIpc) is 3.12. The number of carbonyl (C=O) groups excluding carboxylic acids is 1. The number of nitrogens with zero attached hydrogens (tertiary/aromatic N) is 3. The van der Waals surface area contributed by atoms with Crippen molar-refractivity contribution in [2.45, 2.75) is 32.4 Å². The number of aliphatic hydroxyl groups excluding tert-OH is 1. The van der Waals surface area contributed by atoms with E-state index >= 15 is 0 Å². The molecule has 9 heteroatoms. The van der Waals surface area contributed by atoms with Crippen LogP contribution in [0.1, 0.15) is 36.7 Å². The topological polar surface area (TPSA) is 143 Å². The van der Waals surface area contributed by atoms with Crippen molar-refractivity contribution in [1.82, 2.24) is 15.1 Å². The number of hydrogen-bond donors (Lipinski definition) is 4. The third-order valence-corrected chi connectivity index (χ3v) is 4.03. The summed E-state index contributed by atoms with van der Waals surface area (Å²) < 4.78 is 1.06. The van der Waals surface area contributed by atoms with Crippen LogP contribution in [0.2, 0.25) is 0 Å². The maximum Gasteiger partial charge on any atom is 0.338 e. The molecule has 0 bridgehead atoms. The lowest BCUT2D eigenvalue weighted by Crippen LogP contribution is -2.43. The molecule has 0 radical (unpaired) electrons. The van der Waals surface area contributed by atoms with Crippen molar-refractivity contribution in [3.63, 3.8) is 0 Å². The van der Waals surface area contributed by atoms with Crippen LogP contribution in [0, 0.1) is 0 Å². The number of benzene rings is 1. The fourth-order valence-electron chi connectivity index (χ4n) is 2.39. The summed E-state index contributed by atoms with van der Waals surface area (Å²) in [5.74, 6) is -1.81. The number of carboxylic acid groups (broad SMARTS) is 1. The molecule has 9 nitrogen and oxygen atoms in total. The van der Waals surface area contributed by atoms with E-state index in [1.807, 2.05) is 44.2 Å². The second-order valence-corrected chi connectivity index (χ2v) is 6.67. The first-order valence-electron chi connectivity index (χ1n) is 8.49. The molecule has 1 heterocycles. The molecule has 1 unspecified atom stereocenters. The average molecular weight is 385 g/mol. The van der Waals surface area contributed by atoms with Crippen molar-refractivity contribution < 1.29 is 19.8 Å². The van der Waals surface area contributed by atoms with Crippen LogP contribution in [0.5, 0.6) is 0 Å². The molecule has 1 aromatic carbocycles. The highest BCUT2D eigenvalue weighted by molar-refractivity contribution is 5.95. The molecular weight excluding hydrogens is 362 g/mol. The Morgan fingerprint density at radius 3 is 2.50 bits per heavy atom. The monoisotopic (exact) mass is 385 g/mol. The molecule has 2 aromatic rings. The largest absolute Gasteiger partial charge is 0.478 e. The number of aliphatic imine (C=N–C) groups is 1. The van der Waals surface area contributed by atoms with Gasteiger partial charge in [-0.15, -0.1) is 0 Å². The van der Waals surface area contributed by atoms with Gasteiger partial charge < -0.3 is 21.3 Å². The van der Waals surface area contributed by atoms with Crippen LogP contribution in [0.4, 0.5) is 0 Å². The number of aromatic nitrogens is 2. The molecule has 0 spiro atoms. The van der Waals surface area contributed by atoms with E-state index in [-0.39, 0.29) is 17.1 Å². The number of hydrogen-bond acceptors (Lipinski definition) is 5. The summed E-state index contributed by atoms with van der Waals surface area (Å²) in [7, 11) is 0. The number of nitrogens with one attached hydrogen (secondary N) is 1. The van der Waals surface area contributed by atoms with E-state index in [4.69, 9.17) is 10.8 Å². The van der Waals surface area contributed by atoms with Crippen LogP contribution in [0.3, 0.4) is 0 Å². The summed E-state index contributed by atoms with van der Waals surface area (Å²) in [4.78, 5) is 27.5. The number of carbonyl (C=O) groups is 2. The minimum atomic E-state index is -1.15. The van der Waals surface area contributed by atoms with E-state index in [1.165, 1.54) is 13.1 Å². The van der Waals surface area contributed by atoms with Gasteiger partial charge >= 0.3 is 5.97 Å². The third-order valence-electron chi connectivity index (χ3n) is 4.03. The van der Waals surface area contributed by atoms with E-state index in [0.717, 1.165) is 22.6 Å². The lowest BCUT2D eigenvalue weighted by molar-refractivity contribution is -0.120. The van der Waals surface area contributed by atoms with E-state index in [1.54, 1.807) is 0 Å². The van der Waals surface area contributed by atoms with Gasteiger partial charge in [0.1, 0.15) is 0 Å². The van der Waals surface area contributed by atoms with Crippen molar-refractivity contribution in [2.24, 2.45) is 10.7 Å². The summed E-state index contributed by atoms with van der Waals surface area (Å²) in [5.41, 5.74) is 5.93. The van der Waals surface area contributed by atoms with Crippen molar-refractivity contribution >= 4 is 17.8 Å². The van der Waals surface area contributed by atoms with Crippen LogP contribution in [0.25, 0.3) is 0 Å². The van der Waals surface area contributed by atoms with E-state index in [2.05, 4.69) is 15.4 Å². The number of nitrogens with two attached hydrogens (primary N) is 1. The predicted octanol–water partition coefficient (Wildman–Crippen LogP) is 1.06. The summed E-state index contributed by atoms with van der Waals surface area (Å²) in [6.45, 7) is 5.12. The van der Waals surface area contributed by atoms with Crippen LogP contribution in [0.15, 0.2) is 59.5 Å². The zero-order chi connectivity index (χ0) is 20.9. The molecule has 0 fully saturated rings. The minimum absolute atomic E-state index is 0.00225. The standard InChI is InChI=1S/C19H23N5O4/c1-12(25)15(10-21-18(20)24-11-13(9-22-24)17(27)28)16(26)23-19(2,3)14-7-5-4-6-8-14/h4-12,25H,1-3H3,(H2,20,21)(H,23,26)(H,27,28)/b15-10+. The Balaban J connectivity index is 2.23. The maximum atomic E-state index is 12.7. The Kier molecular flexibility index (Phi) is 6.32. The SMILES string of the molecule is CC(O)/C(=C\N=C(N)n1cc(C(=O)O)cn1)C(=O)NC(C)(C)c1ccccc1. The first-order valence-corrected chi connectivity index (χ1v) is 8.49. The zero-order valence-corrected chi connectivity index (χ0v) is 15.8. The Hall–Kier alpha value is -3.46. The molecule has 0 aliphatic rings. The molecule has 0 saturated heterocycles. The quantitative estimate of drug-likeness (QED) is 0.333. The Morgan fingerprint density at radius 2 is 1.96 bits per heavy atom. The lowest BCUT2D eigenvalue weighted by Gasteiger charge is -2.27. The van der Waals surface area contributed by atoms with Crippen molar-refractivity contribution in [1.29, 1.82) is 0 Å². The molecule has 148 valence electrons. The summed E-state index contributed by atoms with van der Waals surface area (Å²) >= 11 is 0. The van der Waals surface area contributed by atoms with Crippen molar-refractivity contribution in [3.8, 4) is 0 Å². The Morgan fingerprint density at radius 1 is 1.32 bits per heavy atom. The summed E-state index contributed by atoms with van der Waals surface area (Å²) in [5, 5.41) is 25.5. The minimum Gasteiger partial charge on any atom is -0.478 e. The molecular formula is C19H23N5O4. The molecule has 0 aliphatic heterocycles. The van der Waals surface area contributed by atoms with E-state index in [0.29, 0.717) is 0 Å². The van der Waals surface area contributed by atoms with Gasteiger partial charge in [-0.25, -0.2) is 14.5 Å². The van der Waals surface area contributed by atoms with Gasteiger partial charge in [-0.05, 0) is 26.3 Å². The van der Waals surface area contributed by atoms with Crippen LogP contribution >= 0.6 is 0 Å². The van der Waals surface area contributed by atoms with Gasteiger partial charge in [0.25, 0.3) is 5.91 Å². The van der Waals surface area contributed by atoms with E-state index in [9.17, 15) is 14.7 Å².